The van der Waals surface area contributed by atoms with E-state index in [-0.39, 0.29) is 29.1 Å². The number of pyridine rings is 1. The number of alkyl halides is 3. The third-order valence-electron chi connectivity index (χ3n) is 5.80. The Kier molecular flexibility index (Phi) is 8.00. The molecule has 0 spiro atoms. The molecule has 3 aromatic rings. The van der Waals surface area contributed by atoms with Crippen LogP contribution in [0.1, 0.15) is 22.6 Å². The van der Waals surface area contributed by atoms with Gasteiger partial charge in [-0.2, -0.15) is 13.2 Å². The van der Waals surface area contributed by atoms with E-state index in [9.17, 15) is 22.8 Å². The number of H-pyrrole nitrogens is 1. The van der Waals surface area contributed by atoms with E-state index in [1.54, 1.807) is 23.2 Å². The molecule has 1 fully saturated rings. The Bertz CT molecular complexity index is 1280. The molecule has 1 aliphatic rings. The molecule has 0 radical (unpaired) electrons. The smallest absolute Gasteiger partial charge is 0.409 e. The van der Waals surface area contributed by atoms with Crippen LogP contribution >= 0.6 is 11.6 Å². The van der Waals surface area contributed by atoms with Gasteiger partial charge in [0.25, 0.3) is 0 Å². The number of aromatic amines is 1. The van der Waals surface area contributed by atoms with Crippen LogP contribution in [0.4, 0.5) is 23.8 Å². The first kappa shape index (κ1) is 26.5. The fourth-order valence-corrected chi connectivity index (χ4v) is 4.11. The largest absolute Gasteiger partial charge is 0.449 e. The zero-order valence-corrected chi connectivity index (χ0v) is 20.6. The maximum Gasteiger partial charge on any atom is 0.409 e. The minimum atomic E-state index is -4.58. The van der Waals surface area contributed by atoms with Crippen LogP contribution in [0.2, 0.25) is 5.02 Å². The van der Waals surface area contributed by atoms with Crippen LogP contribution in [-0.2, 0) is 9.53 Å². The van der Waals surface area contributed by atoms with Crippen molar-refractivity contribution in [3.05, 3.63) is 35.7 Å². The van der Waals surface area contributed by atoms with E-state index in [4.69, 9.17) is 16.3 Å². The Hall–Kier alpha value is -3.61. The minimum Gasteiger partial charge on any atom is -0.449 e. The maximum absolute atomic E-state index is 12.9. The first-order valence-electron chi connectivity index (χ1n) is 11.6. The van der Waals surface area contributed by atoms with Crippen LogP contribution in [0.5, 0.6) is 0 Å². The summed E-state index contributed by atoms with van der Waals surface area (Å²) in [6.07, 6.45) is 0.972. The molecule has 4 heterocycles. The third kappa shape index (κ3) is 6.40. The molecule has 3 aromatic heterocycles. The maximum atomic E-state index is 12.9. The number of aromatic nitrogens is 4. The van der Waals surface area contributed by atoms with Crippen molar-refractivity contribution in [2.24, 2.45) is 0 Å². The number of anilines is 1. The average molecular weight is 544 g/mol. The van der Waals surface area contributed by atoms with Crippen LogP contribution in [0.3, 0.4) is 0 Å². The van der Waals surface area contributed by atoms with Crippen LogP contribution in [0.25, 0.3) is 22.4 Å². The molecule has 0 unspecified atom stereocenters. The number of amides is 2. The molecule has 14 heteroatoms. The van der Waals surface area contributed by atoms with Crippen molar-refractivity contribution < 1.29 is 30.4 Å². The second-order valence-electron chi connectivity index (χ2n) is 8.45. The highest BCUT2D eigenvalue weighted by Crippen LogP contribution is 2.29. The number of unbranched alkanes of at least 4 members (excludes halogenated alkanes) is 1. The van der Waals surface area contributed by atoms with Crippen molar-refractivity contribution in [2.75, 3.05) is 37.7 Å². The standard InChI is InChI=1S/C23H25ClF3N7O3.2H2/c1-2-3-8-37-22(36)33-6-7-34(17(12-33)21(35)31-13-23(25,26)27)18-4-5-28-20(32-18)16-11-30-19-15(16)9-14(24)10-29-19;;/h4-5,9-11,17H,2-3,6-8,12-13H2,1H3,(H,29,30)(H,31,35);2*1H/t17-;;/m1../s1. The molecule has 0 aromatic carbocycles. The van der Waals surface area contributed by atoms with Gasteiger partial charge < -0.3 is 24.8 Å². The highest BCUT2D eigenvalue weighted by molar-refractivity contribution is 6.31. The summed E-state index contributed by atoms with van der Waals surface area (Å²) in [7, 11) is 0. The fourth-order valence-electron chi connectivity index (χ4n) is 3.95. The Morgan fingerprint density at radius 1 is 1.32 bits per heavy atom. The second-order valence-corrected chi connectivity index (χ2v) is 8.88. The molecule has 202 valence electrons. The molecule has 4 rings (SSSR count). The molecule has 0 bridgehead atoms. The molecule has 0 aliphatic carbocycles. The van der Waals surface area contributed by atoms with Crippen molar-refractivity contribution in [1.82, 2.24) is 30.2 Å². The van der Waals surface area contributed by atoms with Crippen LogP contribution in [0, 0.1) is 0 Å². The van der Waals surface area contributed by atoms with Gasteiger partial charge in [0.1, 0.15) is 24.1 Å². The summed E-state index contributed by atoms with van der Waals surface area (Å²) in [5.74, 6) is -0.254. The number of piperazine rings is 1. The Labute approximate surface area is 218 Å². The highest BCUT2D eigenvalue weighted by Gasteiger charge is 2.37. The van der Waals surface area contributed by atoms with Crippen molar-refractivity contribution in [3.8, 4) is 11.4 Å². The molecule has 1 atom stereocenters. The number of halogens is 4. The van der Waals surface area contributed by atoms with E-state index in [1.165, 1.54) is 17.3 Å². The van der Waals surface area contributed by atoms with Gasteiger partial charge in [0.05, 0.1) is 18.2 Å². The lowest BCUT2D eigenvalue weighted by atomic mass is 10.1. The first-order chi connectivity index (χ1) is 17.7. The summed E-state index contributed by atoms with van der Waals surface area (Å²) in [5, 5.41) is 3.03. The number of carbonyl (C=O) groups excluding carboxylic acids is 2. The first-order valence-corrected chi connectivity index (χ1v) is 12.0. The summed E-state index contributed by atoms with van der Waals surface area (Å²) in [5.41, 5.74) is 1.19. The molecule has 2 N–H and O–H groups in total. The predicted molar refractivity (Wildman–Crippen MR) is 134 cm³/mol. The zero-order chi connectivity index (χ0) is 26.6. The quantitative estimate of drug-likeness (QED) is 0.427. The monoisotopic (exact) mass is 543 g/mol. The summed E-state index contributed by atoms with van der Waals surface area (Å²) < 4.78 is 43.6. The number of nitrogens with zero attached hydrogens (tertiary/aromatic N) is 5. The van der Waals surface area contributed by atoms with E-state index in [1.807, 2.05) is 12.2 Å². The highest BCUT2D eigenvalue weighted by atomic mass is 35.5. The van der Waals surface area contributed by atoms with Crippen molar-refractivity contribution in [2.45, 2.75) is 32.0 Å². The van der Waals surface area contributed by atoms with E-state index >= 15 is 0 Å². The van der Waals surface area contributed by atoms with E-state index in [0.717, 1.165) is 6.42 Å². The van der Waals surface area contributed by atoms with Gasteiger partial charge >= 0.3 is 12.3 Å². The normalized spacial score (nSPS) is 16.2. The zero-order valence-electron chi connectivity index (χ0n) is 19.9. The number of rotatable bonds is 7. The number of nitrogens with one attached hydrogen (secondary N) is 2. The van der Waals surface area contributed by atoms with Gasteiger partial charge in [-0.3, -0.25) is 4.79 Å². The van der Waals surface area contributed by atoms with E-state index in [0.29, 0.717) is 39.7 Å². The number of fused-ring (bicyclic) bond motifs is 1. The molecular formula is C23H29ClF3N7O3. The molecule has 10 nitrogen and oxygen atoms in total. The Morgan fingerprint density at radius 3 is 2.89 bits per heavy atom. The van der Waals surface area contributed by atoms with Gasteiger partial charge in [0.15, 0.2) is 5.82 Å². The summed E-state index contributed by atoms with van der Waals surface area (Å²) in [6, 6.07) is 2.14. The van der Waals surface area contributed by atoms with Gasteiger partial charge in [0, 0.05) is 45.5 Å². The number of hydrogen-bond acceptors (Lipinski definition) is 7. The topological polar surface area (TPSA) is 116 Å². The van der Waals surface area contributed by atoms with Crippen molar-refractivity contribution in [3.63, 3.8) is 0 Å². The number of carbonyl (C=O) groups is 2. The summed E-state index contributed by atoms with van der Waals surface area (Å²) in [4.78, 5) is 44.4. The minimum absolute atomic E-state index is 0. The van der Waals surface area contributed by atoms with E-state index in [2.05, 4.69) is 19.9 Å². The van der Waals surface area contributed by atoms with Gasteiger partial charge in [-0.25, -0.2) is 19.7 Å². The van der Waals surface area contributed by atoms with Crippen molar-refractivity contribution in [1.29, 1.82) is 0 Å². The predicted octanol–water partition coefficient (Wildman–Crippen LogP) is 4.27. The lowest BCUT2D eigenvalue weighted by molar-refractivity contribution is -0.139. The van der Waals surface area contributed by atoms with Gasteiger partial charge in [-0.05, 0) is 18.6 Å². The number of ether oxygens (including phenoxy) is 1. The van der Waals surface area contributed by atoms with Crippen LogP contribution in [-0.4, -0.2) is 81.8 Å². The third-order valence-corrected chi connectivity index (χ3v) is 6.01. The number of hydrogen-bond donors (Lipinski definition) is 2. The average Bonchev–Trinajstić information content (AvgIpc) is 3.29. The lowest BCUT2D eigenvalue weighted by Crippen LogP contribution is -2.61. The van der Waals surface area contributed by atoms with Crippen LogP contribution in [0.15, 0.2) is 30.7 Å². The molecule has 1 saturated heterocycles. The van der Waals surface area contributed by atoms with Crippen molar-refractivity contribution >= 4 is 40.5 Å². The summed E-state index contributed by atoms with van der Waals surface area (Å²) in [6.45, 7) is 0.852. The van der Waals surface area contributed by atoms with E-state index < -0.39 is 30.8 Å². The fraction of sp³-hybridized carbons (Fsp3) is 0.435. The molecule has 0 saturated carbocycles. The Balaban J connectivity index is 0.00000267. The van der Waals surface area contributed by atoms with Gasteiger partial charge in [0.2, 0.25) is 5.91 Å². The summed E-state index contributed by atoms with van der Waals surface area (Å²) >= 11 is 6.09. The molecule has 2 amide bonds. The molecular weight excluding hydrogens is 515 g/mol. The van der Waals surface area contributed by atoms with Gasteiger partial charge in [-0.1, -0.05) is 24.9 Å². The Morgan fingerprint density at radius 2 is 2.14 bits per heavy atom. The molecule has 1 aliphatic heterocycles. The molecule has 37 heavy (non-hydrogen) atoms. The van der Waals surface area contributed by atoms with Gasteiger partial charge in [-0.15, -0.1) is 0 Å². The second kappa shape index (κ2) is 11.2. The van der Waals surface area contributed by atoms with Crippen LogP contribution < -0.4 is 10.2 Å². The SMILES string of the molecule is CCCCOC(=O)N1CCN(c2ccnc(-c3c[nH]c4ncc(Cl)cc34)n2)[C@@H](C(=O)NCC(F)(F)F)C1.[HH].[HH]. The lowest BCUT2D eigenvalue weighted by Gasteiger charge is -2.40.